The van der Waals surface area contributed by atoms with Crippen LogP contribution in [0.2, 0.25) is 0 Å². The summed E-state index contributed by atoms with van der Waals surface area (Å²) in [7, 11) is 4.67. The zero-order valence-corrected chi connectivity index (χ0v) is 23.6. The number of carbonyl (C=O) groups excluding carboxylic acids is 2. The number of thiophene rings is 1. The number of aromatic nitrogens is 3. The summed E-state index contributed by atoms with van der Waals surface area (Å²) in [6.45, 7) is 0.0723. The lowest BCUT2D eigenvalue weighted by Gasteiger charge is -2.31. The van der Waals surface area contributed by atoms with Crippen molar-refractivity contribution in [2.24, 2.45) is 0 Å². The van der Waals surface area contributed by atoms with Crippen LogP contribution in [-0.4, -0.2) is 53.0 Å². The summed E-state index contributed by atoms with van der Waals surface area (Å²) in [6, 6.07) is 22.7. The van der Waals surface area contributed by atoms with E-state index in [0.717, 1.165) is 11.1 Å². The highest BCUT2D eigenvalue weighted by Gasteiger charge is 2.33. The van der Waals surface area contributed by atoms with E-state index in [9.17, 15) is 9.59 Å². The Bertz CT molecular complexity index is 1640. The third-order valence-corrected chi connectivity index (χ3v) is 7.50. The standard InChI is InChI=1S/C30H29N5O5S/c1-38-21-12-10-20(11-13-21)18-34(28(36)19-35-25-8-5-4-7-23(25)32-33-35)29(27-9-6-16-41-27)30(37)31-24-15-14-22(39-2)17-26(24)40-3/h4-17,29H,18-19H2,1-3H3,(H,31,37). The molecular formula is C30H29N5O5S. The molecule has 3 aromatic carbocycles. The van der Waals surface area contributed by atoms with Crippen LogP contribution in [0.3, 0.4) is 0 Å². The average Bonchev–Trinajstić information content (AvgIpc) is 3.68. The molecule has 1 N–H and O–H groups in total. The number of anilines is 1. The lowest BCUT2D eigenvalue weighted by atomic mass is 10.1. The normalized spacial score (nSPS) is 11.6. The molecule has 1 atom stereocenters. The molecule has 5 aromatic rings. The van der Waals surface area contributed by atoms with Crippen molar-refractivity contribution in [1.29, 1.82) is 0 Å². The van der Waals surface area contributed by atoms with Crippen molar-refractivity contribution in [2.75, 3.05) is 26.6 Å². The fourth-order valence-electron chi connectivity index (χ4n) is 4.48. The van der Waals surface area contributed by atoms with Gasteiger partial charge in [-0.1, -0.05) is 35.5 Å². The second kappa shape index (κ2) is 12.5. The number of nitrogens with zero attached hydrogens (tertiary/aromatic N) is 4. The summed E-state index contributed by atoms with van der Waals surface area (Å²) in [6.07, 6.45) is 0. The van der Waals surface area contributed by atoms with Crippen LogP contribution in [0.4, 0.5) is 5.69 Å². The Morgan fingerprint density at radius 1 is 0.927 bits per heavy atom. The fourth-order valence-corrected chi connectivity index (χ4v) is 5.31. The molecule has 10 nitrogen and oxygen atoms in total. The van der Waals surface area contributed by atoms with Gasteiger partial charge in [-0.05, 0) is 53.4 Å². The third-order valence-electron chi connectivity index (χ3n) is 6.58. The number of hydrogen-bond acceptors (Lipinski definition) is 8. The van der Waals surface area contributed by atoms with Crippen LogP contribution in [0.25, 0.3) is 11.0 Å². The first-order chi connectivity index (χ1) is 20.0. The second-order valence-corrected chi connectivity index (χ2v) is 10.1. The van der Waals surface area contributed by atoms with Crippen LogP contribution in [0, 0.1) is 0 Å². The average molecular weight is 572 g/mol. The largest absolute Gasteiger partial charge is 0.497 e. The van der Waals surface area contributed by atoms with Crippen molar-refractivity contribution in [3.63, 3.8) is 0 Å². The number of nitrogens with one attached hydrogen (secondary N) is 1. The zero-order chi connectivity index (χ0) is 28.8. The van der Waals surface area contributed by atoms with Gasteiger partial charge in [0.15, 0.2) is 0 Å². The zero-order valence-electron chi connectivity index (χ0n) is 22.8. The maximum absolute atomic E-state index is 14.1. The van der Waals surface area contributed by atoms with Gasteiger partial charge in [0.05, 0.1) is 32.5 Å². The molecule has 0 radical (unpaired) electrons. The number of amides is 2. The summed E-state index contributed by atoms with van der Waals surface area (Å²) >= 11 is 1.40. The molecule has 0 aliphatic rings. The summed E-state index contributed by atoms with van der Waals surface area (Å²) < 4.78 is 17.6. The molecule has 41 heavy (non-hydrogen) atoms. The van der Waals surface area contributed by atoms with Crippen molar-refractivity contribution in [1.82, 2.24) is 19.9 Å². The van der Waals surface area contributed by atoms with E-state index >= 15 is 0 Å². The quantitative estimate of drug-likeness (QED) is 0.240. The Balaban J connectivity index is 1.52. The number of para-hydroxylation sites is 1. The van der Waals surface area contributed by atoms with E-state index in [1.165, 1.54) is 18.4 Å². The number of fused-ring (bicyclic) bond motifs is 1. The van der Waals surface area contributed by atoms with Crippen molar-refractivity contribution in [2.45, 2.75) is 19.1 Å². The Morgan fingerprint density at radius 3 is 2.39 bits per heavy atom. The van der Waals surface area contributed by atoms with Crippen molar-refractivity contribution in [3.8, 4) is 17.2 Å². The molecule has 0 aliphatic heterocycles. The topological polar surface area (TPSA) is 108 Å². The predicted octanol–water partition coefficient (Wildman–Crippen LogP) is 4.93. The van der Waals surface area contributed by atoms with Gasteiger partial charge < -0.3 is 24.4 Å². The number of carbonyl (C=O) groups is 2. The summed E-state index contributed by atoms with van der Waals surface area (Å²) in [4.78, 5) is 30.4. The minimum atomic E-state index is -0.939. The molecule has 210 valence electrons. The van der Waals surface area contributed by atoms with E-state index in [-0.39, 0.29) is 24.9 Å². The predicted molar refractivity (Wildman–Crippen MR) is 156 cm³/mol. The fraction of sp³-hybridized carbons (Fsp3) is 0.200. The molecule has 0 spiro atoms. The van der Waals surface area contributed by atoms with Gasteiger partial charge in [0.2, 0.25) is 5.91 Å². The van der Waals surface area contributed by atoms with E-state index < -0.39 is 6.04 Å². The van der Waals surface area contributed by atoms with Crippen molar-refractivity contribution in [3.05, 3.63) is 94.7 Å². The maximum atomic E-state index is 14.1. The molecule has 1 unspecified atom stereocenters. The number of ether oxygens (including phenoxy) is 3. The smallest absolute Gasteiger partial charge is 0.252 e. The van der Waals surface area contributed by atoms with Gasteiger partial charge in [0, 0.05) is 17.5 Å². The third kappa shape index (κ3) is 6.15. The monoisotopic (exact) mass is 571 g/mol. The lowest BCUT2D eigenvalue weighted by Crippen LogP contribution is -2.42. The Morgan fingerprint density at radius 2 is 1.68 bits per heavy atom. The van der Waals surface area contributed by atoms with Crippen LogP contribution in [0.5, 0.6) is 17.2 Å². The van der Waals surface area contributed by atoms with E-state index in [1.807, 2.05) is 66.0 Å². The first-order valence-electron chi connectivity index (χ1n) is 12.8. The molecule has 0 aliphatic carbocycles. The summed E-state index contributed by atoms with van der Waals surface area (Å²) in [5.74, 6) is 1.03. The highest BCUT2D eigenvalue weighted by Crippen LogP contribution is 2.33. The number of hydrogen-bond donors (Lipinski definition) is 1. The highest BCUT2D eigenvalue weighted by atomic mass is 32.1. The van der Waals surface area contributed by atoms with Crippen LogP contribution in [0.15, 0.2) is 84.2 Å². The SMILES string of the molecule is COc1ccc(CN(C(=O)Cn2nnc3ccccc32)C(C(=O)Nc2ccc(OC)cc2OC)c2cccs2)cc1. The van der Waals surface area contributed by atoms with Crippen LogP contribution >= 0.6 is 11.3 Å². The van der Waals surface area contributed by atoms with Gasteiger partial charge >= 0.3 is 0 Å². The van der Waals surface area contributed by atoms with E-state index in [4.69, 9.17) is 14.2 Å². The van der Waals surface area contributed by atoms with Gasteiger partial charge in [-0.25, -0.2) is 4.68 Å². The molecule has 0 saturated carbocycles. The number of methoxy groups -OCH3 is 3. The summed E-state index contributed by atoms with van der Waals surface area (Å²) in [5.41, 5.74) is 2.70. The van der Waals surface area contributed by atoms with E-state index in [2.05, 4.69) is 15.6 Å². The van der Waals surface area contributed by atoms with Gasteiger partial charge in [-0.2, -0.15) is 0 Å². The summed E-state index contributed by atoms with van der Waals surface area (Å²) in [5, 5.41) is 13.2. The minimum Gasteiger partial charge on any atom is -0.497 e. The molecule has 2 heterocycles. The molecule has 11 heteroatoms. The van der Waals surface area contributed by atoms with Crippen LogP contribution in [0.1, 0.15) is 16.5 Å². The molecule has 2 aromatic heterocycles. The van der Waals surface area contributed by atoms with Gasteiger partial charge in [-0.15, -0.1) is 16.4 Å². The van der Waals surface area contributed by atoms with Gasteiger partial charge in [-0.3, -0.25) is 9.59 Å². The highest BCUT2D eigenvalue weighted by molar-refractivity contribution is 7.10. The first kappa shape index (κ1) is 27.7. The molecular weight excluding hydrogens is 542 g/mol. The first-order valence-corrected chi connectivity index (χ1v) is 13.7. The second-order valence-electron chi connectivity index (χ2n) is 9.08. The Labute approximate surface area is 241 Å². The molecule has 5 rings (SSSR count). The van der Waals surface area contributed by atoms with Crippen molar-refractivity contribution >= 4 is 39.9 Å². The van der Waals surface area contributed by atoms with Gasteiger partial charge in [0.1, 0.15) is 35.4 Å². The Hall–Kier alpha value is -4.90. The van der Waals surface area contributed by atoms with Crippen LogP contribution < -0.4 is 19.5 Å². The van der Waals surface area contributed by atoms with E-state index in [1.54, 1.807) is 42.0 Å². The van der Waals surface area contributed by atoms with Crippen molar-refractivity contribution < 1.29 is 23.8 Å². The molecule has 0 bridgehead atoms. The van der Waals surface area contributed by atoms with E-state index in [0.29, 0.717) is 33.3 Å². The number of rotatable bonds is 11. The van der Waals surface area contributed by atoms with Crippen LogP contribution in [-0.2, 0) is 22.7 Å². The molecule has 0 saturated heterocycles. The minimum absolute atomic E-state index is 0.0995. The number of benzene rings is 3. The maximum Gasteiger partial charge on any atom is 0.252 e. The molecule has 0 fully saturated rings. The lowest BCUT2D eigenvalue weighted by molar-refractivity contribution is -0.140. The molecule has 2 amide bonds. The Kier molecular flexibility index (Phi) is 8.44. The van der Waals surface area contributed by atoms with Gasteiger partial charge in [0.25, 0.3) is 5.91 Å².